The first kappa shape index (κ1) is 19.8. The number of carbonyl (C=O) groups excluding carboxylic acids is 2. The van der Waals surface area contributed by atoms with Crippen molar-refractivity contribution in [2.24, 2.45) is 0 Å². The summed E-state index contributed by atoms with van der Waals surface area (Å²) in [6, 6.07) is 9.48. The van der Waals surface area contributed by atoms with E-state index in [-0.39, 0.29) is 17.9 Å². The second kappa shape index (κ2) is 9.30. The van der Waals surface area contributed by atoms with Gasteiger partial charge in [-0.2, -0.15) is 0 Å². The van der Waals surface area contributed by atoms with Crippen LogP contribution in [0.2, 0.25) is 0 Å². The van der Waals surface area contributed by atoms with Crippen LogP contribution in [-0.4, -0.2) is 58.9 Å². The van der Waals surface area contributed by atoms with Crippen LogP contribution >= 0.6 is 0 Å². The van der Waals surface area contributed by atoms with Gasteiger partial charge in [0, 0.05) is 57.1 Å². The van der Waals surface area contributed by atoms with E-state index in [0.717, 1.165) is 36.3 Å². The summed E-state index contributed by atoms with van der Waals surface area (Å²) in [6.07, 6.45) is 6.27. The maximum absolute atomic E-state index is 12.8. The number of likely N-dealkylation sites (tertiary alicyclic amines) is 1. The first-order chi connectivity index (χ1) is 13.5. The third-order valence-electron chi connectivity index (χ3n) is 5.10. The number of hydrogen-bond donors (Lipinski definition) is 1. The van der Waals surface area contributed by atoms with Crippen molar-refractivity contribution in [3.63, 3.8) is 0 Å². The Morgan fingerprint density at radius 1 is 1.25 bits per heavy atom. The molecule has 148 valence electrons. The Labute approximate surface area is 165 Å². The number of nitrogens with zero attached hydrogens (tertiary/aromatic N) is 4. The molecule has 28 heavy (non-hydrogen) atoms. The van der Waals surface area contributed by atoms with Crippen LogP contribution in [0.1, 0.15) is 36.4 Å². The van der Waals surface area contributed by atoms with Crippen molar-refractivity contribution in [3.05, 3.63) is 54.1 Å². The molecule has 1 unspecified atom stereocenters. The van der Waals surface area contributed by atoms with Crippen molar-refractivity contribution in [1.29, 1.82) is 0 Å². The Kier molecular flexibility index (Phi) is 6.57. The van der Waals surface area contributed by atoms with Crippen LogP contribution in [0, 0.1) is 0 Å². The quantitative estimate of drug-likeness (QED) is 0.864. The summed E-state index contributed by atoms with van der Waals surface area (Å²) in [6.45, 7) is 1.37. The molecule has 0 spiro atoms. The SMILES string of the molecule is CN(C)C(=O)CCc1ccccc1NC(=O)N1CCCC(c2ccncn2)C1. The number of benzene rings is 1. The minimum Gasteiger partial charge on any atom is -0.349 e. The molecule has 1 aromatic heterocycles. The molecule has 7 heteroatoms. The molecule has 1 aromatic carbocycles. The number of carbonyl (C=O) groups is 2. The monoisotopic (exact) mass is 381 g/mol. The van der Waals surface area contributed by atoms with Crippen LogP contribution in [0.25, 0.3) is 0 Å². The lowest BCUT2D eigenvalue weighted by atomic mass is 9.95. The van der Waals surface area contributed by atoms with Crippen LogP contribution in [0.4, 0.5) is 10.5 Å². The topological polar surface area (TPSA) is 78.4 Å². The summed E-state index contributed by atoms with van der Waals surface area (Å²) < 4.78 is 0. The summed E-state index contributed by atoms with van der Waals surface area (Å²) in [5, 5.41) is 3.03. The van der Waals surface area contributed by atoms with E-state index in [1.54, 1.807) is 31.5 Å². The molecule has 1 saturated heterocycles. The number of anilines is 1. The normalized spacial score (nSPS) is 16.5. The lowest BCUT2D eigenvalue weighted by Crippen LogP contribution is -2.41. The predicted octanol–water partition coefficient (Wildman–Crippen LogP) is 2.91. The molecule has 1 aliphatic heterocycles. The maximum Gasteiger partial charge on any atom is 0.321 e. The number of para-hydroxylation sites is 1. The molecule has 1 N–H and O–H groups in total. The zero-order valence-corrected chi connectivity index (χ0v) is 16.5. The molecule has 1 aliphatic rings. The van der Waals surface area contributed by atoms with Gasteiger partial charge < -0.3 is 15.1 Å². The molecule has 1 fully saturated rings. The van der Waals surface area contributed by atoms with Crippen LogP contribution in [-0.2, 0) is 11.2 Å². The number of aromatic nitrogens is 2. The minimum atomic E-state index is -0.106. The molecule has 2 aromatic rings. The van der Waals surface area contributed by atoms with Gasteiger partial charge in [0.2, 0.25) is 5.91 Å². The van der Waals surface area contributed by atoms with E-state index in [4.69, 9.17) is 0 Å². The highest BCUT2D eigenvalue weighted by atomic mass is 16.2. The molecule has 0 radical (unpaired) electrons. The van der Waals surface area contributed by atoms with Gasteiger partial charge in [-0.05, 0) is 37.0 Å². The first-order valence-corrected chi connectivity index (χ1v) is 9.64. The molecular formula is C21H27N5O2. The maximum atomic E-state index is 12.8. The third kappa shape index (κ3) is 5.06. The number of amides is 3. The van der Waals surface area contributed by atoms with E-state index < -0.39 is 0 Å². The second-order valence-electron chi connectivity index (χ2n) is 7.29. The van der Waals surface area contributed by atoms with Gasteiger partial charge in [-0.1, -0.05) is 18.2 Å². The van der Waals surface area contributed by atoms with E-state index in [0.29, 0.717) is 19.4 Å². The fourth-order valence-electron chi connectivity index (χ4n) is 3.47. The first-order valence-electron chi connectivity index (χ1n) is 9.64. The summed E-state index contributed by atoms with van der Waals surface area (Å²) >= 11 is 0. The van der Waals surface area contributed by atoms with Crippen molar-refractivity contribution in [3.8, 4) is 0 Å². The van der Waals surface area contributed by atoms with Gasteiger partial charge >= 0.3 is 6.03 Å². The largest absolute Gasteiger partial charge is 0.349 e. The summed E-state index contributed by atoms with van der Waals surface area (Å²) in [7, 11) is 3.50. The van der Waals surface area contributed by atoms with E-state index in [1.807, 2.05) is 35.2 Å². The standard InChI is InChI=1S/C21H27N5O2/c1-25(2)20(27)10-9-16-6-3-4-8-19(16)24-21(28)26-13-5-7-17(14-26)18-11-12-22-15-23-18/h3-4,6,8,11-12,15,17H,5,7,9-10,13-14H2,1-2H3,(H,24,28). The number of aryl methyl sites for hydroxylation is 1. The zero-order chi connectivity index (χ0) is 19.9. The van der Waals surface area contributed by atoms with Crippen LogP contribution in [0.15, 0.2) is 42.9 Å². The van der Waals surface area contributed by atoms with Gasteiger partial charge in [0.1, 0.15) is 6.33 Å². The van der Waals surface area contributed by atoms with Crippen molar-refractivity contribution in [2.45, 2.75) is 31.6 Å². The molecule has 0 saturated carbocycles. The highest BCUT2D eigenvalue weighted by Crippen LogP contribution is 2.26. The zero-order valence-electron chi connectivity index (χ0n) is 16.5. The Morgan fingerprint density at radius 3 is 2.82 bits per heavy atom. The lowest BCUT2D eigenvalue weighted by molar-refractivity contribution is -0.128. The second-order valence-corrected chi connectivity index (χ2v) is 7.29. The molecule has 0 aliphatic carbocycles. The molecule has 2 heterocycles. The summed E-state index contributed by atoms with van der Waals surface area (Å²) in [5.74, 6) is 0.306. The van der Waals surface area contributed by atoms with Crippen molar-refractivity contribution >= 4 is 17.6 Å². The molecule has 0 bridgehead atoms. The van der Waals surface area contributed by atoms with Gasteiger partial charge in [-0.25, -0.2) is 14.8 Å². The van der Waals surface area contributed by atoms with Crippen molar-refractivity contribution < 1.29 is 9.59 Å². The Morgan fingerprint density at radius 2 is 2.07 bits per heavy atom. The lowest BCUT2D eigenvalue weighted by Gasteiger charge is -2.32. The number of nitrogens with one attached hydrogen (secondary N) is 1. The van der Waals surface area contributed by atoms with E-state index in [1.165, 1.54) is 0 Å². The highest BCUT2D eigenvalue weighted by Gasteiger charge is 2.26. The number of hydrogen-bond acceptors (Lipinski definition) is 4. The van der Waals surface area contributed by atoms with Crippen molar-refractivity contribution in [2.75, 3.05) is 32.5 Å². The predicted molar refractivity (Wildman–Crippen MR) is 108 cm³/mol. The van der Waals surface area contributed by atoms with E-state index >= 15 is 0 Å². The van der Waals surface area contributed by atoms with Gasteiger partial charge in [0.15, 0.2) is 0 Å². The van der Waals surface area contributed by atoms with Crippen LogP contribution in [0.3, 0.4) is 0 Å². The Hall–Kier alpha value is -2.96. The summed E-state index contributed by atoms with van der Waals surface area (Å²) in [5.41, 5.74) is 2.72. The van der Waals surface area contributed by atoms with Gasteiger partial charge in [-0.15, -0.1) is 0 Å². The van der Waals surface area contributed by atoms with Crippen molar-refractivity contribution in [1.82, 2.24) is 19.8 Å². The van der Waals surface area contributed by atoms with E-state index in [2.05, 4.69) is 15.3 Å². The average Bonchev–Trinajstić information content (AvgIpc) is 2.73. The molecule has 1 atom stereocenters. The fraction of sp³-hybridized carbons (Fsp3) is 0.429. The van der Waals surface area contributed by atoms with Gasteiger partial charge in [0.05, 0.1) is 0 Å². The van der Waals surface area contributed by atoms with Crippen LogP contribution < -0.4 is 5.32 Å². The third-order valence-corrected chi connectivity index (χ3v) is 5.10. The number of urea groups is 1. The molecule has 3 rings (SSSR count). The molecule has 7 nitrogen and oxygen atoms in total. The van der Waals surface area contributed by atoms with Crippen LogP contribution in [0.5, 0.6) is 0 Å². The average molecular weight is 381 g/mol. The number of rotatable bonds is 5. The van der Waals surface area contributed by atoms with Gasteiger partial charge in [0.25, 0.3) is 0 Å². The van der Waals surface area contributed by atoms with E-state index in [9.17, 15) is 9.59 Å². The molecule has 3 amide bonds. The fourth-order valence-corrected chi connectivity index (χ4v) is 3.47. The molecular weight excluding hydrogens is 354 g/mol. The Bertz CT molecular complexity index is 809. The number of piperidine rings is 1. The Balaban J connectivity index is 1.63. The smallest absolute Gasteiger partial charge is 0.321 e. The van der Waals surface area contributed by atoms with Gasteiger partial charge in [-0.3, -0.25) is 4.79 Å². The highest BCUT2D eigenvalue weighted by molar-refractivity contribution is 5.90. The minimum absolute atomic E-state index is 0.0739. The summed E-state index contributed by atoms with van der Waals surface area (Å²) in [4.78, 5) is 36.5.